The molecule has 1 N–H and O–H groups in total. The number of carbonyl (C=O) groups is 2. The van der Waals surface area contributed by atoms with Crippen molar-refractivity contribution in [3.05, 3.63) is 29.8 Å². The van der Waals surface area contributed by atoms with E-state index in [-0.39, 0.29) is 6.03 Å². The summed E-state index contributed by atoms with van der Waals surface area (Å²) in [6, 6.07) is 6.85. The number of carbonyl (C=O) groups excluding carboxylic acids is 2. The van der Waals surface area contributed by atoms with Crippen molar-refractivity contribution in [2.75, 3.05) is 26.2 Å². The fourth-order valence-electron chi connectivity index (χ4n) is 1.64. The van der Waals surface area contributed by atoms with Crippen LogP contribution in [0.15, 0.2) is 24.3 Å². The Kier molecular flexibility index (Phi) is 3.59. The zero-order chi connectivity index (χ0) is 12.1. The normalized spacial score (nSPS) is 14.6. The van der Waals surface area contributed by atoms with Crippen LogP contribution in [-0.2, 0) is 0 Å². The van der Waals surface area contributed by atoms with E-state index in [2.05, 4.69) is 5.32 Å². The molecule has 1 aliphatic rings. The summed E-state index contributed by atoms with van der Waals surface area (Å²) in [6.45, 7) is 2.45. The largest absolute Gasteiger partial charge is 0.492 e. The van der Waals surface area contributed by atoms with Gasteiger partial charge in [0, 0.05) is 18.7 Å². The Labute approximate surface area is 99.4 Å². The fourth-order valence-corrected chi connectivity index (χ4v) is 1.64. The second-order valence-electron chi connectivity index (χ2n) is 3.75. The van der Waals surface area contributed by atoms with Crippen LogP contribution in [0.5, 0.6) is 5.75 Å². The Morgan fingerprint density at radius 1 is 1.35 bits per heavy atom. The van der Waals surface area contributed by atoms with E-state index in [1.807, 2.05) is 0 Å². The van der Waals surface area contributed by atoms with Crippen LogP contribution in [0.2, 0.25) is 0 Å². The molecule has 0 bridgehead atoms. The summed E-state index contributed by atoms with van der Waals surface area (Å²) in [5.74, 6) is 0.704. The second-order valence-corrected chi connectivity index (χ2v) is 3.75. The molecule has 17 heavy (non-hydrogen) atoms. The van der Waals surface area contributed by atoms with E-state index in [1.54, 1.807) is 29.2 Å². The molecule has 1 saturated heterocycles. The summed E-state index contributed by atoms with van der Waals surface area (Å²) in [6.07, 6.45) is 0.790. The Bertz CT molecular complexity index is 403. The monoisotopic (exact) mass is 234 g/mol. The Hall–Kier alpha value is -2.04. The lowest BCUT2D eigenvalue weighted by Gasteiger charge is -2.14. The van der Waals surface area contributed by atoms with E-state index in [9.17, 15) is 9.59 Å². The quantitative estimate of drug-likeness (QED) is 0.770. The fraction of sp³-hybridized carbons (Fsp3) is 0.333. The molecule has 2 amide bonds. The maximum atomic E-state index is 11.2. The minimum absolute atomic E-state index is 0.0371. The van der Waals surface area contributed by atoms with Crippen molar-refractivity contribution < 1.29 is 14.3 Å². The first kappa shape index (κ1) is 11.4. The van der Waals surface area contributed by atoms with Crippen LogP contribution in [0.1, 0.15) is 10.4 Å². The van der Waals surface area contributed by atoms with Gasteiger partial charge in [-0.1, -0.05) is 0 Å². The lowest BCUT2D eigenvalue weighted by atomic mass is 10.2. The first-order chi connectivity index (χ1) is 8.29. The predicted molar refractivity (Wildman–Crippen MR) is 62.3 cm³/mol. The zero-order valence-corrected chi connectivity index (χ0v) is 9.39. The molecular formula is C12H14N2O3. The SMILES string of the molecule is O=Cc1ccc(OCCN2CCNC2=O)cc1. The predicted octanol–water partition coefficient (Wildman–Crippen LogP) is 0.903. The molecule has 1 aliphatic heterocycles. The third kappa shape index (κ3) is 2.96. The summed E-state index contributed by atoms with van der Waals surface area (Å²) < 4.78 is 5.48. The van der Waals surface area contributed by atoms with Crippen molar-refractivity contribution in [1.82, 2.24) is 10.2 Å². The molecule has 90 valence electrons. The van der Waals surface area contributed by atoms with Crippen LogP contribution in [-0.4, -0.2) is 43.5 Å². The number of amides is 2. The Morgan fingerprint density at radius 3 is 2.71 bits per heavy atom. The van der Waals surface area contributed by atoms with Crippen LogP contribution in [0.25, 0.3) is 0 Å². The number of benzene rings is 1. The molecule has 0 aromatic heterocycles. The van der Waals surface area contributed by atoms with E-state index in [1.165, 1.54) is 0 Å². The lowest BCUT2D eigenvalue weighted by molar-refractivity contribution is 0.112. The van der Waals surface area contributed by atoms with Gasteiger partial charge in [-0.2, -0.15) is 0 Å². The van der Waals surface area contributed by atoms with Gasteiger partial charge in [0.05, 0.1) is 6.54 Å². The Morgan fingerprint density at radius 2 is 2.12 bits per heavy atom. The molecule has 0 aliphatic carbocycles. The second kappa shape index (κ2) is 5.34. The third-order valence-corrected chi connectivity index (χ3v) is 2.59. The van der Waals surface area contributed by atoms with Gasteiger partial charge in [-0.05, 0) is 24.3 Å². The van der Waals surface area contributed by atoms with Crippen molar-refractivity contribution in [2.24, 2.45) is 0 Å². The van der Waals surface area contributed by atoms with Gasteiger partial charge in [-0.25, -0.2) is 4.79 Å². The molecule has 0 atom stereocenters. The van der Waals surface area contributed by atoms with Crippen LogP contribution in [0.4, 0.5) is 4.79 Å². The summed E-state index contributed by atoms with van der Waals surface area (Å²) in [7, 11) is 0. The highest BCUT2D eigenvalue weighted by atomic mass is 16.5. The maximum Gasteiger partial charge on any atom is 0.317 e. The maximum absolute atomic E-state index is 11.2. The van der Waals surface area contributed by atoms with E-state index in [0.717, 1.165) is 12.8 Å². The third-order valence-electron chi connectivity index (χ3n) is 2.59. The van der Waals surface area contributed by atoms with Crippen LogP contribution in [0, 0.1) is 0 Å². The molecule has 0 unspecified atom stereocenters. The average molecular weight is 234 g/mol. The highest BCUT2D eigenvalue weighted by Gasteiger charge is 2.18. The number of ether oxygens (including phenoxy) is 1. The van der Waals surface area contributed by atoms with Crippen molar-refractivity contribution in [3.63, 3.8) is 0 Å². The first-order valence-electron chi connectivity index (χ1n) is 5.50. The number of hydrogen-bond acceptors (Lipinski definition) is 3. The van der Waals surface area contributed by atoms with Gasteiger partial charge < -0.3 is 15.0 Å². The number of rotatable bonds is 5. The lowest BCUT2D eigenvalue weighted by Crippen LogP contribution is -2.31. The van der Waals surface area contributed by atoms with Crippen molar-refractivity contribution in [1.29, 1.82) is 0 Å². The van der Waals surface area contributed by atoms with E-state index < -0.39 is 0 Å². The van der Waals surface area contributed by atoms with Crippen molar-refractivity contribution in [2.45, 2.75) is 0 Å². The van der Waals surface area contributed by atoms with Crippen LogP contribution in [0.3, 0.4) is 0 Å². The van der Waals surface area contributed by atoms with Gasteiger partial charge in [0.25, 0.3) is 0 Å². The molecule has 1 heterocycles. The van der Waals surface area contributed by atoms with Gasteiger partial charge in [0.1, 0.15) is 18.6 Å². The van der Waals surface area contributed by atoms with Gasteiger partial charge in [0.2, 0.25) is 0 Å². The molecule has 1 aromatic rings. The average Bonchev–Trinajstić information content (AvgIpc) is 2.76. The molecule has 5 heteroatoms. The van der Waals surface area contributed by atoms with Crippen molar-refractivity contribution >= 4 is 12.3 Å². The van der Waals surface area contributed by atoms with Gasteiger partial charge in [-0.15, -0.1) is 0 Å². The number of nitrogens with zero attached hydrogens (tertiary/aromatic N) is 1. The highest BCUT2D eigenvalue weighted by Crippen LogP contribution is 2.11. The molecule has 0 spiro atoms. The van der Waals surface area contributed by atoms with Crippen LogP contribution >= 0.6 is 0 Å². The Balaban J connectivity index is 1.77. The topological polar surface area (TPSA) is 58.6 Å². The summed E-state index contributed by atoms with van der Waals surface area (Å²) >= 11 is 0. The van der Waals surface area contributed by atoms with Crippen molar-refractivity contribution in [3.8, 4) is 5.75 Å². The minimum Gasteiger partial charge on any atom is -0.492 e. The number of hydrogen-bond donors (Lipinski definition) is 1. The smallest absolute Gasteiger partial charge is 0.317 e. The van der Waals surface area contributed by atoms with E-state index in [4.69, 9.17) is 4.74 Å². The minimum atomic E-state index is -0.0371. The summed E-state index contributed by atoms with van der Waals surface area (Å²) in [5.41, 5.74) is 0.622. The number of nitrogens with one attached hydrogen (secondary N) is 1. The number of aldehydes is 1. The molecule has 0 radical (unpaired) electrons. The molecular weight excluding hydrogens is 220 g/mol. The summed E-state index contributed by atoms with van der Waals surface area (Å²) in [4.78, 5) is 23.4. The van der Waals surface area contributed by atoms with Gasteiger partial charge in [0.15, 0.2) is 0 Å². The summed E-state index contributed by atoms with van der Waals surface area (Å²) in [5, 5.41) is 2.73. The molecule has 2 rings (SSSR count). The highest BCUT2D eigenvalue weighted by molar-refractivity contribution is 5.76. The molecule has 0 saturated carbocycles. The zero-order valence-electron chi connectivity index (χ0n) is 9.39. The standard InChI is InChI=1S/C12H14N2O3/c15-9-10-1-3-11(4-2-10)17-8-7-14-6-5-13-12(14)16/h1-4,9H,5-8H2,(H,13,16). The van der Waals surface area contributed by atoms with E-state index in [0.29, 0.717) is 31.0 Å². The molecule has 5 nitrogen and oxygen atoms in total. The van der Waals surface area contributed by atoms with Crippen LogP contribution < -0.4 is 10.1 Å². The molecule has 1 aromatic carbocycles. The first-order valence-corrected chi connectivity index (χ1v) is 5.50. The van der Waals surface area contributed by atoms with Gasteiger partial charge in [-0.3, -0.25) is 4.79 Å². The number of urea groups is 1. The van der Waals surface area contributed by atoms with E-state index >= 15 is 0 Å². The van der Waals surface area contributed by atoms with Gasteiger partial charge >= 0.3 is 6.03 Å². The molecule has 1 fully saturated rings.